The predicted molar refractivity (Wildman–Crippen MR) is 75.0 cm³/mol. The number of benzene rings is 1. The van der Waals surface area contributed by atoms with Gasteiger partial charge in [-0.25, -0.2) is 0 Å². The first-order valence-electron chi connectivity index (χ1n) is 6.44. The summed E-state index contributed by atoms with van der Waals surface area (Å²) in [7, 11) is 0. The van der Waals surface area contributed by atoms with Gasteiger partial charge in [-0.1, -0.05) is 30.7 Å². The number of anilines is 1. The second-order valence-electron chi connectivity index (χ2n) is 4.77. The molecule has 0 heterocycles. The van der Waals surface area contributed by atoms with Crippen molar-refractivity contribution in [2.75, 3.05) is 11.9 Å². The molecule has 102 valence electrons. The predicted octanol–water partition coefficient (Wildman–Crippen LogP) is 2.58. The summed E-state index contributed by atoms with van der Waals surface area (Å²) >= 11 is 5.99. The molecule has 1 aliphatic carbocycles. The number of carbonyl (C=O) groups is 2. The first kappa shape index (κ1) is 13.9. The van der Waals surface area contributed by atoms with Gasteiger partial charge in [0.1, 0.15) is 5.41 Å². The summed E-state index contributed by atoms with van der Waals surface area (Å²) in [5.74, 6) is -0.451. The molecule has 0 radical (unpaired) electrons. The number of nitrogens with one attached hydrogen (secondary N) is 2. The van der Waals surface area contributed by atoms with Crippen molar-refractivity contribution in [2.24, 2.45) is 5.41 Å². The third-order valence-electron chi connectivity index (χ3n) is 3.28. The first-order chi connectivity index (χ1) is 9.10. The zero-order valence-electron chi connectivity index (χ0n) is 10.8. The van der Waals surface area contributed by atoms with E-state index in [2.05, 4.69) is 10.6 Å². The molecule has 0 spiro atoms. The first-order valence-corrected chi connectivity index (χ1v) is 6.82. The van der Waals surface area contributed by atoms with Crippen LogP contribution in [0.15, 0.2) is 24.3 Å². The molecule has 1 saturated carbocycles. The minimum absolute atomic E-state index is 0.182. The standard InChI is InChI=1S/C14H17ClN2O2/c1-2-9-16-12(18)14(7-8-14)13(19)17-11-6-4-3-5-10(11)15/h3-6H,2,7-9H2,1H3,(H,16,18)(H,17,19). The summed E-state index contributed by atoms with van der Waals surface area (Å²) in [5.41, 5.74) is -0.349. The van der Waals surface area contributed by atoms with E-state index in [-0.39, 0.29) is 11.8 Å². The van der Waals surface area contributed by atoms with Crippen LogP contribution in [0.2, 0.25) is 5.02 Å². The molecular weight excluding hydrogens is 264 g/mol. The number of amides is 2. The Bertz CT molecular complexity index is 498. The summed E-state index contributed by atoms with van der Waals surface area (Å²) in [4.78, 5) is 24.2. The summed E-state index contributed by atoms with van der Waals surface area (Å²) in [5, 5.41) is 6.00. The fourth-order valence-electron chi connectivity index (χ4n) is 1.89. The quantitative estimate of drug-likeness (QED) is 0.815. The molecule has 0 aliphatic heterocycles. The van der Waals surface area contributed by atoms with Gasteiger partial charge in [-0.3, -0.25) is 9.59 Å². The molecule has 1 fully saturated rings. The maximum absolute atomic E-state index is 12.2. The van der Waals surface area contributed by atoms with Crippen molar-refractivity contribution >= 4 is 29.1 Å². The molecule has 2 amide bonds. The lowest BCUT2D eigenvalue weighted by Crippen LogP contribution is -2.40. The van der Waals surface area contributed by atoms with E-state index in [0.29, 0.717) is 30.1 Å². The van der Waals surface area contributed by atoms with Crippen LogP contribution in [0.4, 0.5) is 5.69 Å². The molecule has 2 N–H and O–H groups in total. The minimum Gasteiger partial charge on any atom is -0.355 e. The lowest BCUT2D eigenvalue weighted by molar-refractivity contribution is -0.134. The van der Waals surface area contributed by atoms with E-state index in [1.54, 1.807) is 24.3 Å². The molecule has 1 aromatic carbocycles. The Balaban J connectivity index is 2.04. The SMILES string of the molecule is CCCNC(=O)C1(C(=O)Nc2ccccc2Cl)CC1. The van der Waals surface area contributed by atoms with E-state index in [1.165, 1.54) is 0 Å². The summed E-state index contributed by atoms with van der Waals surface area (Å²) < 4.78 is 0. The molecule has 0 atom stereocenters. The molecule has 1 aliphatic rings. The maximum Gasteiger partial charge on any atom is 0.240 e. The van der Waals surface area contributed by atoms with Crippen LogP contribution in [0.5, 0.6) is 0 Å². The Morgan fingerprint density at radius 2 is 1.95 bits per heavy atom. The Labute approximate surface area is 117 Å². The highest BCUT2D eigenvalue weighted by atomic mass is 35.5. The van der Waals surface area contributed by atoms with E-state index in [1.807, 2.05) is 6.92 Å². The van der Waals surface area contributed by atoms with Crippen molar-refractivity contribution in [1.82, 2.24) is 5.32 Å². The number of hydrogen-bond acceptors (Lipinski definition) is 2. The number of hydrogen-bond donors (Lipinski definition) is 2. The van der Waals surface area contributed by atoms with Crippen LogP contribution in [0.25, 0.3) is 0 Å². The summed E-state index contributed by atoms with van der Waals surface area (Å²) in [6, 6.07) is 7.01. The third-order valence-corrected chi connectivity index (χ3v) is 3.61. The molecule has 0 bridgehead atoms. The second-order valence-corrected chi connectivity index (χ2v) is 5.18. The van der Waals surface area contributed by atoms with Gasteiger partial charge in [0, 0.05) is 6.54 Å². The Morgan fingerprint density at radius 1 is 1.26 bits per heavy atom. The van der Waals surface area contributed by atoms with Gasteiger partial charge in [-0.15, -0.1) is 0 Å². The van der Waals surface area contributed by atoms with Crippen molar-refractivity contribution in [3.05, 3.63) is 29.3 Å². The molecule has 1 aromatic rings. The second kappa shape index (κ2) is 5.61. The van der Waals surface area contributed by atoms with Gasteiger partial charge < -0.3 is 10.6 Å². The van der Waals surface area contributed by atoms with Crippen LogP contribution >= 0.6 is 11.6 Å². The normalized spacial score (nSPS) is 15.7. The van der Waals surface area contributed by atoms with Crippen LogP contribution in [0.1, 0.15) is 26.2 Å². The van der Waals surface area contributed by atoms with Crippen molar-refractivity contribution in [3.63, 3.8) is 0 Å². The molecule has 0 saturated heterocycles. The van der Waals surface area contributed by atoms with Gasteiger partial charge in [0.25, 0.3) is 0 Å². The monoisotopic (exact) mass is 280 g/mol. The Kier molecular flexibility index (Phi) is 4.10. The highest BCUT2D eigenvalue weighted by molar-refractivity contribution is 6.34. The van der Waals surface area contributed by atoms with E-state index in [0.717, 1.165) is 6.42 Å². The largest absolute Gasteiger partial charge is 0.355 e. The van der Waals surface area contributed by atoms with Crippen LogP contribution in [-0.2, 0) is 9.59 Å². The Morgan fingerprint density at radius 3 is 2.53 bits per heavy atom. The van der Waals surface area contributed by atoms with Gasteiger partial charge >= 0.3 is 0 Å². The number of rotatable bonds is 5. The van der Waals surface area contributed by atoms with Crippen LogP contribution in [0, 0.1) is 5.41 Å². The van der Waals surface area contributed by atoms with E-state index < -0.39 is 5.41 Å². The average Bonchev–Trinajstić information content (AvgIpc) is 3.20. The zero-order valence-corrected chi connectivity index (χ0v) is 11.6. The van der Waals surface area contributed by atoms with Crippen LogP contribution in [0.3, 0.4) is 0 Å². The van der Waals surface area contributed by atoms with Crippen LogP contribution in [-0.4, -0.2) is 18.4 Å². The van der Waals surface area contributed by atoms with E-state index in [4.69, 9.17) is 11.6 Å². The molecule has 0 aromatic heterocycles. The minimum atomic E-state index is -0.895. The summed E-state index contributed by atoms with van der Waals surface area (Å²) in [6.07, 6.45) is 2.05. The van der Waals surface area contributed by atoms with Crippen molar-refractivity contribution in [1.29, 1.82) is 0 Å². The zero-order chi connectivity index (χ0) is 13.9. The van der Waals surface area contributed by atoms with Crippen molar-refractivity contribution < 1.29 is 9.59 Å². The number of para-hydroxylation sites is 1. The van der Waals surface area contributed by atoms with Crippen molar-refractivity contribution in [3.8, 4) is 0 Å². The third kappa shape index (κ3) is 2.89. The lowest BCUT2D eigenvalue weighted by atomic mass is 10.0. The smallest absolute Gasteiger partial charge is 0.240 e. The van der Waals surface area contributed by atoms with E-state index in [9.17, 15) is 9.59 Å². The fourth-order valence-corrected chi connectivity index (χ4v) is 2.08. The lowest BCUT2D eigenvalue weighted by Gasteiger charge is -2.15. The van der Waals surface area contributed by atoms with Gasteiger partial charge in [-0.2, -0.15) is 0 Å². The number of carbonyl (C=O) groups excluding carboxylic acids is 2. The van der Waals surface area contributed by atoms with Gasteiger partial charge in [0.05, 0.1) is 10.7 Å². The highest BCUT2D eigenvalue weighted by Crippen LogP contribution is 2.47. The van der Waals surface area contributed by atoms with Gasteiger partial charge in [0.15, 0.2) is 0 Å². The number of halogens is 1. The fraction of sp³-hybridized carbons (Fsp3) is 0.429. The topological polar surface area (TPSA) is 58.2 Å². The molecule has 4 nitrogen and oxygen atoms in total. The van der Waals surface area contributed by atoms with Gasteiger partial charge in [0.2, 0.25) is 11.8 Å². The van der Waals surface area contributed by atoms with Crippen molar-refractivity contribution in [2.45, 2.75) is 26.2 Å². The molecule has 19 heavy (non-hydrogen) atoms. The van der Waals surface area contributed by atoms with E-state index >= 15 is 0 Å². The average molecular weight is 281 g/mol. The summed E-state index contributed by atoms with van der Waals surface area (Å²) in [6.45, 7) is 2.57. The van der Waals surface area contributed by atoms with Crippen LogP contribution < -0.4 is 10.6 Å². The molecule has 0 unspecified atom stereocenters. The van der Waals surface area contributed by atoms with Gasteiger partial charge in [-0.05, 0) is 31.4 Å². The molecule has 2 rings (SSSR count). The highest BCUT2D eigenvalue weighted by Gasteiger charge is 2.56. The Hall–Kier alpha value is -1.55. The maximum atomic E-state index is 12.2. The molecular formula is C14H17ClN2O2. The molecule has 5 heteroatoms.